The normalized spacial score (nSPS) is 17.4. The smallest absolute Gasteiger partial charge is 0.288 e. The first-order valence-corrected chi connectivity index (χ1v) is 9.39. The van der Waals surface area contributed by atoms with Gasteiger partial charge in [0.25, 0.3) is 11.7 Å². The van der Waals surface area contributed by atoms with Crippen LogP contribution in [0.15, 0.2) is 47.6 Å². The number of likely N-dealkylation sites (tertiary alicyclic amines) is 1. The number of hydrogen-bond acceptors (Lipinski definition) is 4. The summed E-state index contributed by atoms with van der Waals surface area (Å²) in [5.41, 5.74) is 0.292. The Balaban J connectivity index is 1.72. The van der Waals surface area contributed by atoms with Crippen molar-refractivity contribution in [1.82, 2.24) is 9.88 Å². The molecule has 0 bridgehead atoms. The molecule has 4 nitrogen and oxygen atoms in total. The molecule has 2 aromatic rings. The molecule has 26 heavy (non-hydrogen) atoms. The summed E-state index contributed by atoms with van der Waals surface area (Å²) in [6, 6.07) is 8.13. The van der Waals surface area contributed by atoms with Gasteiger partial charge in [-0.15, -0.1) is 0 Å². The number of benzene rings is 1. The third-order valence-corrected chi connectivity index (χ3v) is 5.10. The van der Waals surface area contributed by atoms with Gasteiger partial charge in [-0.2, -0.15) is 8.78 Å². The van der Waals surface area contributed by atoms with Gasteiger partial charge in [-0.3, -0.25) is 9.78 Å². The molecule has 1 aromatic carbocycles. The van der Waals surface area contributed by atoms with Crippen LogP contribution in [0.2, 0.25) is 5.02 Å². The number of alkyl halides is 2. The number of rotatable bonds is 5. The molecular weight excluding hydrogens is 382 g/mol. The molecule has 0 radical (unpaired) electrons. The Bertz CT molecular complexity index is 778. The Morgan fingerprint density at radius 3 is 2.92 bits per heavy atom. The molecule has 0 aliphatic carbocycles. The zero-order valence-corrected chi connectivity index (χ0v) is 15.4. The average molecular weight is 399 g/mol. The van der Waals surface area contributed by atoms with E-state index in [2.05, 4.69) is 4.98 Å². The summed E-state index contributed by atoms with van der Waals surface area (Å²) in [6.07, 6.45) is 4.44. The number of carbonyl (C=O) groups is 1. The van der Waals surface area contributed by atoms with Crippen molar-refractivity contribution in [1.29, 1.82) is 0 Å². The van der Waals surface area contributed by atoms with E-state index < -0.39 is 5.76 Å². The van der Waals surface area contributed by atoms with Crippen LogP contribution in [-0.2, 0) is 0 Å². The van der Waals surface area contributed by atoms with Crippen molar-refractivity contribution < 1.29 is 18.3 Å². The van der Waals surface area contributed by atoms with Gasteiger partial charge >= 0.3 is 0 Å². The van der Waals surface area contributed by atoms with Crippen LogP contribution in [0.1, 0.15) is 23.2 Å². The lowest BCUT2D eigenvalue weighted by molar-refractivity contribution is 0.0535. The second-order valence-electron chi connectivity index (χ2n) is 5.81. The standard InChI is InChI=1S/C18H17ClF2N2O2S/c19-14-10-22-8-7-15(14)25-12-4-3-9-23(11-12)17(24)13-5-1-2-6-16(13)26-18(20)21/h1-2,5-8,10,12,18H,3-4,9,11H2/t12-/m1/s1. The van der Waals surface area contributed by atoms with Crippen molar-refractivity contribution in [2.75, 3.05) is 13.1 Å². The maximum atomic E-state index is 12.8. The molecule has 1 saturated heterocycles. The largest absolute Gasteiger partial charge is 0.487 e. The van der Waals surface area contributed by atoms with Crippen molar-refractivity contribution in [3.8, 4) is 5.75 Å². The first-order valence-electron chi connectivity index (χ1n) is 8.14. The maximum Gasteiger partial charge on any atom is 0.288 e. The van der Waals surface area contributed by atoms with Gasteiger partial charge in [-0.25, -0.2) is 0 Å². The van der Waals surface area contributed by atoms with E-state index >= 15 is 0 Å². The van der Waals surface area contributed by atoms with Crippen molar-refractivity contribution in [2.45, 2.75) is 29.6 Å². The van der Waals surface area contributed by atoms with E-state index in [1.807, 2.05) is 0 Å². The topological polar surface area (TPSA) is 42.4 Å². The SMILES string of the molecule is O=C(c1ccccc1SC(F)F)N1CCC[C@@H](Oc2ccncc2Cl)C1. The van der Waals surface area contributed by atoms with Crippen molar-refractivity contribution in [3.05, 3.63) is 53.3 Å². The van der Waals surface area contributed by atoms with Gasteiger partial charge in [0.1, 0.15) is 16.9 Å². The highest BCUT2D eigenvalue weighted by atomic mass is 35.5. The molecule has 138 valence electrons. The molecule has 0 N–H and O–H groups in total. The molecule has 1 aliphatic heterocycles. The highest BCUT2D eigenvalue weighted by Gasteiger charge is 2.27. The Hall–Kier alpha value is -1.86. The number of piperidine rings is 1. The molecule has 1 amide bonds. The van der Waals surface area contributed by atoms with Gasteiger partial charge in [0.05, 0.1) is 12.1 Å². The summed E-state index contributed by atoms with van der Waals surface area (Å²) in [4.78, 5) is 18.7. The van der Waals surface area contributed by atoms with Gasteiger partial charge < -0.3 is 9.64 Å². The quantitative estimate of drug-likeness (QED) is 0.682. The number of ether oxygens (including phenoxy) is 1. The number of thioether (sulfide) groups is 1. The van der Waals surface area contributed by atoms with Crippen LogP contribution in [0.25, 0.3) is 0 Å². The fraction of sp³-hybridized carbons (Fsp3) is 0.333. The molecule has 1 fully saturated rings. The summed E-state index contributed by atoms with van der Waals surface area (Å²) in [5.74, 6) is -2.31. The van der Waals surface area contributed by atoms with Crippen molar-refractivity contribution in [2.24, 2.45) is 0 Å². The van der Waals surface area contributed by atoms with Gasteiger partial charge in [0, 0.05) is 29.9 Å². The van der Waals surface area contributed by atoms with Crippen LogP contribution >= 0.6 is 23.4 Å². The van der Waals surface area contributed by atoms with Gasteiger partial charge in [-0.1, -0.05) is 35.5 Å². The molecule has 1 atom stereocenters. The van der Waals surface area contributed by atoms with Crippen molar-refractivity contribution in [3.63, 3.8) is 0 Å². The first kappa shape index (κ1) is 18.9. The highest BCUT2D eigenvalue weighted by molar-refractivity contribution is 7.99. The van der Waals surface area contributed by atoms with E-state index in [1.54, 1.807) is 41.4 Å². The molecule has 2 heterocycles. The Kier molecular flexibility index (Phi) is 6.32. The Morgan fingerprint density at radius 2 is 2.15 bits per heavy atom. The molecule has 3 rings (SSSR count). The number of nitrogens with zero attached hydrogens (tertiary/aromatic N) is 2. The fourth-order valence-electron chi connectivity index (χ4n) is 2.87. The highest BCUT2D eigenvalue weighted by Crippen LogP contribution is 2.30. The van der Waals surface area contributed by atoms with Crippen LogP contribution in [0, 0.1) is 0 Å². The lowest BCUT2D eigenvalue weighted by Gasteiger charge is -2.33. The third-order valence-electron chi connectivity index (χ3n) is 4.03. The number of carbonyl (C=O) groups excluding carboxylic acids is 1. The number of amides is 1. The predicted octanol–water partition coefficient (Wildman–Crippen LogP) is 4.73. The minimum absolute atomic E-state index is 0.206. The predicted molar refractivity (Wildman–Crippen MR) is 97.1 cm³/mol. The van der Waals surface area contributed by atoms with E-state index in [-0.39, 0.29) is 16.9 Å². The lowest BCUT2D eigenvalue weighted by Crippen LogP contribution is -2.44. The third kappa shape index (κ3) is 4.65. The molecule has 0 saturated carbocycles. The Labute approximate surface area is 159 Å². The second kappa shape index (κ2) is 8.68. The van der Waals surface area contributed by atoms with E-state index in [4.69, 9.17) is 16.3 Å². The zero-order valence-electron chi connectivity index (χ0n) is 13.8. The summed E-state index contributed by atoms with van der Waals surface area (Å²) >= 11 is 6.45. The van der Waals surface area contributed by atoms with Gasteiger partial charge in [0.15, 0.2) is 0 Å². The number of halogens is 3. The van der Waals surface area contributed by atoms with Gasteiger partial charge in [-0.05, 0) is 25.0 Å². The van der Waals surface area contributed by atoms with Crippen LogP contribution in [0.5, 0.6) is 5.75 Å². The lowest BCUT2D eigenvalue weighted by atomic mass is 10.1. The zero-order chi connectivity index (χ0) is 18.5. The summed E-state index contributed by atoms with van der Waals surface area (Å²) in [6.45, 7) is 0.946. The monoisotopic (exact) mass is 398 g/mol. The molecular formula is C18H17ClF2N2O2S. The number of pyridine rings is 1. The van der Waals surface area contributed by atoms with Crippen LogP contribution < -0.4 is 4.74 Å². The number of hydrogen-bond donors (Lipinski definition) is 0. The van der Waals surface area contributed by atoms with Gasteiger partial charge in [0.2, 0.25) is 0 Å². The van der Waals surface area contributed by atoms with E-state index in [0.717, 1.165) is 12.8 Å². The molecule has 0 spiro atoms. The minimum atomic E-state index is -2.57. The first-order chi connectivity index (χ1) is 12.5. The van der Waals surface area contributed by atoms with Crippen LogP contribution in [0.4, 0.5) is 8.78 Å². The minimum Gasteiger partial charge on any atom is -0.487 e. The van der Waals surface area contributed by atoms with Crippen LogP contribution in [-0.4, -0.2) is 40.7 Å². The summed E-state index contributed by atoms with van der Waals surface area (Å²) in [7, 11) is 0. The van der Waals surface area contributed by atoms with Crippen LogP contribution in [0.3, 0.4) is 0 Å². The second-order valence-corrected chi connectivity index (χ2v) is 7.25. The van der Waals surface area contributed by atoms with E-state index in [9.17, 15) is 13.6 Å². The molecule has 1 aromatic heterocycles. The number of aromatic nitrogens is 1. The molecule has 0 unspecified atom stereocenters. The van der Waals surface area contributed by atoms with E-state index in [0.29, 0.717) is 41.2 Å². The average Bonchev–Trinajstić information content (AvgIpc) is 2.63. The summed E-state index contributed by atoms with van der Waals surface area (Å²) < 4.78 is 31.4. The maximum absolute atomic E-state index is 12.8. The summed E-state index contributed by atoms with van der Waals surface area (Å²) in [5, 5.41) is 0.412. The van der Waals surface area contributed by atoms with Crippen molar-refractivity contribution >= 4 is 29.3 Å². The fourth-order valence-corrected chi connectivity index (χ4v) is 3.66. The molecule has 1 aliphatic rings. The Morgan fingerprint density at radius 1 is 1.35 bits per heavy atom. The molecule has 8 heteroatoms. The van der Waals surface area contributed by atoms with E-state index in [1.165, 1.54) is 6.20 Å².